The van der Waals surface area contributed by atoms with Crippen molar-refractivity contribution in [2.45, 2.75) is 23.9 Å². The normalized spacial score (nSPS) is 14.8. The van der Waals surface area contributed by atoms with Gasteiger partial charge in [-0.1, -0.05) is 0 Å². The fourth-order valence-corrected chi connectivity index (χ4v) is 3.43. The molecule has 1 aliphatic heterocycles. The zero-order chi connectivity index (χ0) is 19.1. The maximum atomic E-state index is 12.7. The Kier molecular flexibility index (Phi) is 4.53. The standard InChI is InChI=1S/C17H14F3NO4S/c18-17(19,20)13-5-3-11(4-6-13)16(22)21-9-1-2-12-10-14(26(23,24)25)7-8-15(12)21/h3-8,10H,1-2,9H2,(H,23,24,25). The van der Waals surface area contributed by atoms with Crippen molar-refractivity contribution >= 4 is 21.7 Å². The Hall–Kier alpha value is -2.39. The van der Waals surface area contributed by atoms with Gasteiger partial charge in [0.05, 0.1) is 10.5 Å². The summed E-state index contributed by atoms with van der Waals surface area (Å²) in [5, 5.41) is 0. The summed E-state index contributed by atoms with van der Waals surface area (Å²) in [6, 6.07) is 7.83. The van der Waals surface area contributed by atoms with Crippen molar-refractivity contribution in [3.05, 3.63) is 59.2 Å². The van der Waals surface area contributed by atoms with Gasteiger partial charge in [-0.15, -0.1) is 0 Å². The van der Waals surface area contributed by atoms with Gasteiger partial charge in [0.2, 0.25) is 0 Å². The van der Waals surface area contributed by atoms with Gasteiger partial charge in [-0.25, -0.2) is 0 Å². The molecule has 1 heterocycles. The van der Waals surface area contributed by atoms with Crippen molar-refractivity contribution in [1.29, 1.82) is 0 Å². The van der Waals surface area contributed by atoms with Crippen LogP contribution in [0.3, 0.4) is 0 Å². The Balaban J connectivity index is 1.93. The summed E-state index contributed by atoms with van der Waals surface area (Å²) in [4.78, 5) is 13.8. The van der Waals surface area contributed by atoms with E-state index < -0.39 is 27.8 Å². The third-order valence-electron chi connectivity index (χ3n) is 4.17. The first-order valence-electron chi connectivity index (χ1n) is 7.67. The van der Waals surface area contributed by atoms with E-state index in [1.807, 2.05) is 0 Å². The molecule has 2 aromatic carbocycles. The number of benzene rings is 2. The topological polar surface area (TPSA) is 74.7 Å². The van der Waals surface area contributed by atoms with Crippen LogP contribution in [0, 0.1) is 0 Å². The lowest BCUT2D eigenvalue weighted by atomic mass is 10.0. The van der Waals surface area contributed by atoms with Crippen LogP contribution in [0.25, 0.3) is 0 Å². The molecule has 138 valence electrons. The largest absolute Gasteiger partial charge is 0.416 e. The van der Waals surface area contributed by atoms with E-state index in [1.165, 1.54) is 23.1 Å². The summed E-state index contributed by atoms with van der Waals surface area (Å²) in [6.45, 7) is 0.359. The van der Waals surface area contributed by atoms with E-state index in [0.717, 1.165) is 24.3 Å². The molecule has 0 bridgehead atoms. The predicted octanol–water partition coefficient (Wildman–Crippen LogP) is 3.55. The molecule has 0 saturated carbocycles. The Morgan fingerprint density at radius 1 is 1.08 bits per heavy atom. The van der Waals surface area contributed by atoms with E-state index in [-0.39, 0.29) is 10.5 Å². The second-order valence-corrected chi connectivity index (χ2v) is 7.32. The van der Waals surface area contributed by atoms with Crippen molar-refractivity contribution in [1.82, 2.24) is 0 Å². The average molecular weight is 385 g/mol. The molecule has 0 atom stereocenters. The van der Waals surface area contributed by atoms with Gasteiger partial charge in [0.1, 0.15) is 0 Å². The molecular formula is C17H14F3NO4S. The smallest absolute Gasteiger partial charge is 0.308 e. The monoisotopic (exact) mass is 385 g/mol. The second-order valence-electron chi connectivity index (χ2n) is 5.90. The number of rotatable bonds is 2. The van der Waals surface area contributed by atoms with Crippen LogP contribution in [0.1, 0.15) is 27.9 Å². The molecule has 5 nitrogen and oxygen atoms in total. The van der Waals surface area contributed by atoms with Crippen LogP contribution in [-0.2, 0) is 22.7 Å². The van der Waals surface area contributed by atoms with E-state index in [9.17, 15) is 26.4 Å². The Morgan fingerprint density at radius 2 is 1.73 bits per heavy atom. The lowest BCUT2D eigenvalue weighted by molar-refractivity contribution is -0.137. The number of halogens is 3. The van der Waals surface area contributed by atoms with Gasteiger partial charge in [0.15, 0.2) is 0 Å². The Labute approximate surface area is 147 Å². The van der Waals surface area contributed by atoms with Crippen LogP contribution in [0.15, 0.2) is 47.4 Å². The fraction of sp³-hybridized carbons (Fsp3) is 0.235. The highest BCUT2D eigenvalue weighted by Gasteiger charge is 2.31. The van der Waals surface area contributed by atoms with Crippen LogP contribution >= 0.6 is 0 Å². The molecule has 26 heavy (non-hydrogen) atoms. The zero-order valence-electron chi connectivity index (χ0n) is 13.3. The number of hydrogen-bond acceptors (Lipinski definition) is 3. The first-order chi connectivity index (χ1) is 12.1. The molecule has 0 aliphatic carbocycles. The summed E-state index contributed by atoms with van der Waals surface area (Å²) in [5.74, 6) is -0.473. The number of hydrogen-bond donors (Lipinski definition) is 1. The minimum absolute atomic E-state index is 0.102. The van der Waals surface area contributed by atoms with Gasteiger partial charge in [-0.3, -0.25) is 9.35 Å². The molecule has 0 aromatic heterocycles. The molecule has 0 saturated heterocycles. The molecule has 0 radical (unpaired) electrons. The summed E-state index contributed by atoms with van der Waals surface area (Å²) >= 11 is 0. The number of alkyl halides is 3. The number of nitrogens with zero attached hydrogens (tertiary/aromatic N) is 1. The minimum atomic E-state index is -4.48. The molecular weight excluding hydrogens is 371 g/mol. The van der Waals surface area contributed by atoms with Gasteiger partial charge in [0.25, 0.3) is 16.0 Å². The Morgan fingerprint density at radius 3 is 2.31 bits per heavy atom. The quantitative estimate of drug-likeness (QED) is 0.803. The molecule has 1 amide bonds. The predicted molar refractivity (Wildman–Crippen MR) is 87.7 cm³/mol. The first-order valence-corrected chi connectivity index (χ1v) is 9.11. The average Bonchev–Trinajstić information content (AvgIpc) is 2.58. The molecule has 0 unspecified atom stereocenters. The summed E-state index contributed by atoms with van der Waals surface area (Å²) < 4.78 is 69.6. The first kappa shape index (κ1) is 18.4. The van der Waals surface area contributed by atoms with E-state index >= 15 is 0 Å². The maximum Gasteiger partial charge on any atom is 0.416 e. The van der Waals surface area contributed by atoms with Gasteiger partial charge in [-0.2, -0.15) is 21.6 Å². The Bertz CT molecular complexity index is 953. The van der Waals surface area contributed by atoms with E-state index in [4.69, 9.17) is 4.55 Å². The number of carbonyl (C=O) groups excluding carboxylic acids is 1. The van der Waals surface area contributed by atoms with E-state index in [1.54, 1.807) is 0 Å². The van der Waals surface area contributed by atoms with Crippen LogP contribution < -0.4 is 4.90 Å². The minimum Gasteiger partial charge on any atom is -0.308 e. The van der Waals surface area contributed by atoms with Gasteiger partial charge in [-0.05, 0) is 60.9 Å². The summed E-state index contributed by atoms with van der Waals surface area (Å²) in [6.07, 6.45) is -3.39. The summed E-state index contributed by atoms with van der Waals surface area (Å²) in [5.41, 5.74) is 0.316. The number of carbonyl (C=O) groups is 1. The van der Waals surface area contributed by atoms with Gasteiger partial charge in [0, 0.05) is 17.8 Å². The molecule has 9 heteroatoms. The lowest BCUT2D eigenvalue weighted by Crippen LogP contribution is -2.35. The summed E-state index contributed by atoms with van der Waals surface area (Å²) in [7, 11) is -4.35. The van der Waals surface area contributed by atoms with Gasteiger partial charge < -0.3 is 4.90 Å². The highest BCUT2D eigenvalue weighted by molar-refractivity contribution is 7.85. The highest BCUT2D eigenvalue weighted by atomic mass is 32.2. The third-order valence-corrected chi connectivity index (χ3v) is 5.02. The maximum absolute atomic E-state index is 12.7. The van der Waals surface area contributed by atoms with E-state index in [0.29, 0.717) is 30.6 Å². The van der Waals surface area contributed by atoms with Crippen LogP contribution in [-0.4, -0.2) is 25.4 Å². The van der Waals surface area contributed by atoms with Crippen molar-refractivity contribution in [2.75, 3.05) is 11.4 Å². The number of fused-ring (bicyclic) bond motifs is 1. The molecule has 0 fully saturated rings. The van der Waals surface area contributed by atoms with Crippen molar-refractivity contribution in [3.8, 4) is 0 Å². The van der Waals surface area contributed by atoms with Crippen LogP contribution in [0.2, 0.25) is 0 Å². The molecule has 2 aromatic rings. The van der Waals surface area contributed by atoms with Crippen molar-refractivity contribution in [2.24, 2.45) is 0 Å². The number of amides is 1. The van der Waals surface area contributed by atoms with Crippen LogP contribution in [0.4, 0.5) is 18.9 Å². The molecule has 0 spiro atoms. The highest BCUT2D eigenvalue weighted by Crippen LogP contribution is 2.32. The zero-order valence-corrected chi connectivity index (χ0v) is 14.1. The second kappa shape index (κ2) is 6.40. The SMILES string of the molecule is O=C(c1ccc(C(F)(F)F)cc1)N1CCCc2cc(S(=O)(=O)O)ccc21. The third kappa shape index (κ3) is 3.58. The van der Waals surface area contributed by atoms with E-state index in [2.05, 4.69) is 0 Å². The van der Waals surface area contributed by atoms with Crippen molar-refractivity contribution in [3.63, 3.8) is 0 Å². The number of aryl methyl sites for hydroxylation is 1. The molecule has 1 N–H and O–H groups in total. The fourth-order valence-electron chi connectivity index (χ4n) is 2.90. The molecule has 1 aliphatic rings. The van der Waals surface area contributed by atoms with Crippen LogP contribution in [0.5, 0.6) is 0 Å². The molecule has 3 rings (SSSR count). The number of anilines is 1. The van der Waals surface area contributed by atoms with Gasteiger partial charge >= 0.3 is 6.18 Å². The lowest BCUT2D eigenvalue weighted by Gasteiger charge is -2.30. The van der Waals surface area contributed by atoms with Crippen molar-refractivity contribution < 1.29 is 30.9 Å².